The van der Waals surface area contributed by atoms with Crippen molar-refractivity contribution in [2.45, 2.75) is 11.8 Å². The molecule has 0 amide bonds. The summed E-state index contributed by atoms with van der Waals surface area (Å²) < 4.78 is 42.0. The highest BCUT2D eigenvalue weighted by molar-refractivity contribution is 7.90. The number of fused-ring (bicyclic) bond motifs is 1. The third kappa shape index (κ3) is 2.81. The molecule has 0 fully saturated rings. The van der Waals surface area contributed by atoms with E-state index in [1.54, 1.807) is 36.4 Å². The summed E-state index contributed by atoms with van der Waals surface area (Å²) in [5, 5.41) is 0.381. The van der Waals surface area contributed by atoms with Crippen LogP contribution in [-0.2, 0) is 10.0 Å². The minimum Gasteiger partial charge on any atom is -0.264 e. The van der Waals surface area contributed by atoms with E-state index in [-0.39, 0.29) is 15.6 Å². The van der Waals surface area contributed by atoms with E-state index in [4.69, 9.17) is 11.6 Å². The van der Waals surface area contributed by atoms with Gasteiger partial charge in [-0.1, -0.05) is 47.5 Å². The van der Waals surface area contributed by atoms with E-state index in [2.05, 4.69) is 4.98 Å². The van der Waals surface area contributed by atoms with Crippen LogP contribution in [0.15, 0.2) is 71.9 Å². The predicted molar refractivity (Wildman–Crippen MR) is 104 cm³/mol. The zero-order valence-corrected chi connectivity index (χ0v) is 15.8. The molecule has 2 aromatic carbocycles. The summed E-state index contributed by atoms with van der Waals surface area (Å²) in [6.07, 6.45) is 2.97. The smallest absolute Gasteiger partial charge is 0.264 e. The van der Waals surface area contributed by atoms with Crippen molar-refractivity contribution in [3.8, 4) is 11.1 Å². The van der Waals surface area contributed by atoms with Crippen LogP contribution in [-0.4, -0.2) is 17.4 Å². The first-order valence-corrected chi connectivity index (χ1v) is 9.94. The minimum absolute atomic E-state index is 0.0799. The molecule has 0 aliphatic rings. The molecule has 0 unspecified atom stereocenters. The maximum Gasteiger partial charge on any atom is 0.269 e. The summed E-state index contributed by atoms with van der Waals surface area (Å²) in [7, 11) is -3.98. The Morgan fingerprint density at radius 1 is 1.04 bits per heavy atom. The molecule has 4 aromatic rings. The summed E-state index contributed by atoms with van der Waals surface area (Å²) >= 11 is 6.51. The van der Waals surface area contributed by atoms with Gasteiger partial charge in [0.25, 0.3) is 10.0 Å². The number of benzene rings is 2. The number of pyridine rings is 1. The second kappa shape index (κ2) is 6.48. The highest BCUT2D eigenvalue weighted by Crippen LogP contribution is 2.40. The molecule has 4 rings (SSSR count). The van der Waals surface area contributed by atoms with Gasteiger partial charge in [-0.05, 0) is 31.2 Å². The lowest BCUT2D eigenvalue weighted by molar-refractivity contribution is 0.589. The van der Waals surface area contributed by atoms with Crippen LogP contribution in [0.2, 0.25) is 5.15 Å². The third-order valence-corrected chi connectivity index (χ3v) is 6.56. The van der Waals surface area contributed by atoms with Gasteiger partial charge in [-0.2, -0.15) is 0 Å². The molecule has 2 heterocycles. The number of aromatic nitrogens is 2. The van der Waals surface area contributed by atoms with E-state index in [1.165, 1.54) is 30.6 Å². The number of halogens is 2. The standard InChI is InChI=1S/C20H14ClFN2O2S/c1-13-6-8-14(9-7-13)27(25,26)24-18-10-11-23-12-16(18)19(20(24)21)15-4-2-3-5-17(15)22/h2-12H,1H3. The summed E-state index contributed by atoms with van der Waals surface area (Å²) in [6.45, 7) is 1.87. The Morgan fingerprint density at radius 2 is 1.74 bits per heavy atom. The Bertz CT molecular complexity index is 1270. The molecular weight excluding hydrogens is 387 g/mol. The monoisotopic (exact) mass is 400 g/mol. The van der Waals surface area contributed by atoms with Crippen molar-refractivity contribution in [3.05, 3.63) is 83.5 Å². The van der Waals surface area contributed by atoms with Gasteiger partial charge in [0, 0.05) is 28.9 Å². The van der Waals surface area contributed by atoms with Gasteiger partial charge in [0.05, 0.1) is 10.4 Å². The number of hydrogen-bond acceptors (Lipinski definition) is 3. The Hall–Kier alpha value is -2.70. The molecule has 27 heavy (non-hydrogen) atoms. The van der Waals surface area contributed by atoms with Crippen LogP contribution in [0, 0.1) is 12.7 Å². The van der Waals surface area contributed by atoms with E-state index in [1.807, 2.05) is 6.92 Å². The fourth-order valence-corrected chi connectivity index (χ4v) is 5.02. The minimum atomic E-state index is -3.98. The third-order valence-electron chi connectivity index (χ3n) is 4.37. The Balaban J connectivity index is 2.08. The number of nitrogens with zero attached hydrogens (tertiary/aromatic N) is 2. The highest BCUT2D eigenvalue weighted by atomic mass is 35.5. The van der Waals surface area contributed by atoms with Gasteiger partial charge in [-0.25, -0.2) is 16.8 Å². The Kier molecular flexibility index (Phi) is 4.25. The fraction of sp³-hybridized carbons (Fsp3) is 0.0500. The van der Waals surface area contributed by atoms with Crippen LogP contribution in [0.5, 0.6) is 0 Å². The van der Waals surface area contributed by atoms with Gasteiger partial charge in [0.2, 0.25) is 0 Å². The molecular formula is C20H14ClFN2O2S. The van der Waals surface area contributed by atoms with E-state index >= 15 is 0 Å². The summed E-state index contributed by atoms with van der Waals surface area (Å²) in [5.41, 5.74) is 1.80. The molecule has 7 heteroatoms. The van der Waals surface area contributed by atoms with Crippen LogP contribution in [0.25, 0.3) is 22.0 Å². The Morgan fingerprint density at radius 3 is 2.44 bits per heavy atom. The predicted octanol–water partition coefficient (Wildman–Crippen LogP) is 5.04. The first-order chi connectivity index (χ1) is 12.9. The van der Waals surface area contributed by atoms with E-state index in [0.717, 1.165) is 9.54 Å². The molecule has 0 bridgehead atoms. The molecule has 0 saturated carbocycles. The van der Waals surface area contributed by atoms with Gasteiger partial charge in [-0.3, -0.25) is 4.98 Å². The number of rotatable bonds is 3. The Labute approximate surface area is 160 Å². The summed E-state index contributed by atoms with van der Waals surface area (Å²) in [5.74, 6) is -0.491. The number of aryl methyl sites for hydroxylation is 1. The van der Waals surface area contributed by atoms with Gasteiger partial charge < -0.3 is 0 Å². The highest BCUT2D eigenvalue weighted by Gasteiger charge is 2.27. The van der Waals surface area contributed by atoms with Crippen LogP contribution in [0.3, 0.4) is 0 Å². The van der Waals surface area contributed by atoms with Crippen molar-refractivity contribution < 1.29 is 12.8 Å². The van der Waals surface area contributed by atoms with Crippen LogP contribution < -0.4 is 0 Å². The van der Waals surface area contributed by atoms with Crippen molar-refractivity contribution in [2.24, 2.45) is 0 Å². The molecule has 4 nitrogen and oxygen atoms in total. The second-order valence-corrected chi connectivity index (χ2v) is 8.27. The lowest BCUT2D eigenvalue weighted by Crippen LogP contribution is -2.13. The van der Waals surface area contributed by atoms with Crippen LogP contribution in [0.4, 0.5) is 4.39 Å². The van der Waals surface area contributed by atoms with Gasteiger partial charge in [-0.15, -0.1) is 0 Å². The van der Waals surface area contributed by atoms with Crippen molar-refractivity contribution in [3.63, 3.8) is 0 Å². The van der Waals surface area contributed by atoms with Crippen LogP contribution >= 0.6 is 11.6 Å². The zero-order chi connectivity index (χ0) is 19.2. The topological polar surface area (TPSA) is 52.0 Å². The van der Waals surface area contributed by atoms with E-state index in [9.17, 15) is 12.8 Å². The summed E-state index contributed by atoms with van der Waals surface area (Å²) in [4.78, 5) is 4.16. The van der Waals surface area contributed by atoms with E-state index < -0.39 is 15.8 Å². The molecule has 0 aliphatic carbocycles. The van der Waals surface area contributed by atoms with Gasteiger partial charge >= 0.3 is 0 Å². The largest absolute Gasteiger partial charge is 0.269 e. The molecule has 0 N–H and O–H groups in total. The quantitative estimate of drug-likeness (QED) is 0.484. The van der Waals surface area contributed by atoms with Crippen molar-refractivity contribution >= 4 is 32.5 Å². The van der Waals surface area contributed by atoms with Crippen LogP contribution in [0.1, 0.15) is 5.56 Å². The van der Waals surface area contributed by atoms with E-state index in [0.29, 0.717) is 16.5 Å². The normalized spacial score (nSPS) is 11.8. The molecule has 0 atom stereocenters. The molecule has 0 saturated heterocycles. The molecule has 136 valence electrons. The van der Waals surface area contributed by atoms with Crippen molar-refractivity contribution in [2.75, 3.05) is 0 Å². The lowest BCUT2D eigenvalue weighted by Gasteiger charge is -2.09. The molecule has 0 spiro atoms. The van der Waals surface area contributed by atoms with Gasteiger partial charge in [0.1, 0.15) is 11.0 Å². The number of hydrogen-bond donors (Lipinski definition) is 0. The maximum atomic E-state index is 14.4. The molecule has 2 aromatic heterocycles. The second-order valence-electron chi connectivity index (χ2n) is 6.12. The zero-order valence-electron chi connectivity index (χ0n) is 14.2. The first kappa shape index (κ1) is 17.7. The molecule has 0 aliphatic heterocycles. The average molecular weight is 401 g/mol. The first-order valence-electron chi connectivity index (χ1n) is 8.12. The average Bonchev–Trinajstić information content (AvgIpc) is 2.95. The summed E-state index contributed by atoms with van der Waals surface area (Å²) in [6, 6.07) is 14.1. The SMILES string of the molecule is Cc1ccc(S(=O)(=O)n2c(Cl)c(-c3ccccc3F)c3cnccc32)cc1. The lowest BCUT2D eigenvalue weighted by atomic mass is 10.1. The van der Waals surface area contributed by atoms with Gasteiger partial charge in [0.15, 0.2) is 0 Å². The van der Waals surface area contributed by atoms with Crippen molar-refractivity contribution in [1.82, 2.24) is 8.96 Å². The van der Waals surface area contributed by atoms with Crippen molar-refractivity contribution in [1.29, 1.82) is 0 Å². The fourth-order valence-electron chi connectivity index (χ4n) is 3.05. The maximum absolute atomic E-state index is 14.4. The molecule has 0 radical (unpaired) electrons.